The monoisotopic (exact) mass is 507 g/mol. The number of nitrogens with zero attached hydrogens (tertiary/aromatic N) is 2. The molecule has 1 fully saturated rings. The number of nitriles is 1. The number of benzene rings is 3. The molecule has 0 bridgehead atoms. The van der Waals surface area contributed by atoms with Gasteiger partial charge < -0.3 is 10.2 Å². The van der Waals surface area contributed by atoms with E-state index in [1.807, 2.05) is 49.1 Å². The Kier molecular flexibility index (Phi) is 8.02. The molecule has 1 N–H and O–H groups in total. The lowest BCUT2D eigenvalue weighted by molar-refractivity contribution is -0.137. The number of nitrogens with one attached hydrogen (secondary N) is 1. The summed E-state index contributed by atoms with van der Waals surface area (Å²) >= 11 is 0. The third-order valence-corrected chi connectivity index (χ3v) is 7.69. The maximum Gasteiger partial charge on any atom is 0.251 e. The molecule has 4 rings (SSSR count). The van der Waals surface area contributed by atoms with Crippen molar-refractivity contribution in [3.63, 3.8) is 0 Å². The Labute approximate surface area is 226 Å². The van der Waals surface area contributed by atoms with Crippen LogP contribution in [0.1, 0.15) is 67.1 Å². The summed E-state index contributed by atoms with van der Waals surface area (Å²) in [6.07, 6.45) is 0.893. The lowest BCUT2D eigenvalue weighted by Crippen LogP contribution is -2.55. The predicted octanol–water partition coefficient (Wildman–Crippen LogP) is 6.33. The molecule has 5 heteroatoms. The molecular weight excluding hydrogens is 470 g/mol. The summed E-state index contributed by atoms with van der Waals surface area (Å²) in [5.41, 5.74) is 5.26. The van der Waals surface area contributed by atoms with Crippen LogP contribution in [0, 0.1) is 29.6 Å². The lowest BCUT2D eigenvalue weighted by Gasteiger charge is -2.45. The summed E-state index contributed by atoms with van der Waals surface area (Å²) in [5, 5.41) is 12.3. The number of amides is 2. The Morgan fingerprint density at radius 3 is 2.29 bits per heavy atom. The van der Waals surface area contributed by atoms with E-state index >= 15 is 0 Å². The van der Waals surface area contributed by atoms with Crippen molar-refractivity contribution in [2.75, 3.05) is 13.1 Å². The molecule has 0 aliphatic carbocycles. The van der Waals surface area contributed by atoms with Crippen LogP contribution in [0.3, 0.4) is 0 Å². The Balaban J connectivity index is 1.48. The third kappa shape index (κ3) is 5.97. The highest BCUT2D eigenvalue weighted by Crippen LogP contribution is 2.42. The van der Waals surface area contributed by atoms with Crippen molar-refractivity contribution in [1.82, 2.24) is 10.2 Å². The van der Waals surface area contributed by atoms with Crippen LogP contribution in [-0.4, -0.2) is 35.8 Å². The zero-order valence-corrected chi connectivity index (χ0v) is 23.0. The first-order chi connectivity index (χ1) is 18.1. The van der Waals surface area contributed by atoms with Gasteiger partial charge in [-0.05, 0) is 71.6 Å². The minimum atomic E-state index is -0.611. The van der Waals surface area contributed by atoms with Gasteiger partial charge in [0, 0.05) is 18.7 Å². The van der Waals surface area contributed by atoms with E-state index in [1.165, 1.54) is 11.1 Å². The van der Waals surface area contributed by atoms with Gasteiger partial charge in [0.15, 0.2) is 0 Å². The van der Waals surface area contributed by atoms with Crippen molar-refractivity contribution in [1.29, 1.82) is 5.26 Å². The third-order valence-electron chi connectivity index (χ3n) is 7.69. The molecule has 38 heavy (non-hydrogen) atoms. The number of rotatable bonds is 6. The molecule has 1 aliphatic rings. The Morgan fingerprint density at radius 1 is 1.00 bits per heavy atom. The van der Waals surface area contributed by atoms with Gasteiger partial charge in [0.1, 0.15) is 6.04 Å². The van der Waals surface area contributed by atoms with Crippen LogP contribution >= 0.6 is 0 Å². The van der Waals surface area contributed by atoms with Gasteiger partial charge in [-0.15, -0.1) is 0 Å². The highest BCUT2D eigenvalue weighted by molar-refractivity contribution is 5.98. The quantitative estimate of drug-likeness (QED) is 0.424. The average Bonchev–Trinajstić information content (AvgIpc) is 2.91. The SMILES string of the molecule is Cc1ccc([C@H]2CCN(C(=O)[C@H](NC(=O)c3cccc(-c4cccc(C#N)c4)c3)C(C)C)CC2(C)C)cc1. The highest BCUT2D eigenvalue weighted by atomic mass is 16.2. The van der Waals surface area contributed by atoms with E-state index < -0.39 is 6.04 Å². The van der Waals surface area contributed by atoms with Crippen molar-refractivity contribution in [3.8, 4) is 17.2 Å². The van der Waals surface area contributed by atoms with Crippen LogP contribution in [0.2, 0.25) is 0 Å². The summed E-state index contributed by atoms with van der Waals surface area (Å²) in [6.45, 7) is 11.8. The minimum absolute atomic E-state index is 0.0262. The van der Waals surface area contributed by atoms with Gasteiger partial charge in [0.2, 0.25) is 5.91 Å². The molecular formula is C33H37N3O2. The molecule has 2 atom stereocenters. The Bertz CT molecular complexity index is 1350. The number of carbonyl (C=O) groups is 2. The van der Waals surface area contributed by atoms with Gasteiger partial charge in [-0.2, -0.15) is 5.26 Å². The molecule has 1 aliphatic heterocycles. The van der Waals surface area contributed by atoms with E-state index in [4.69, 9.17) is 0 Å². The Hall–Kier alpha value is -3.91. The normalized spacial score (nSPS) is 17.5. The summed E-state index contributed by atoms with van der Waals surface area (Å²) < 4.78 is 0. The van der Waals surface area contributed by atoms with Gasteiger partial charge >= 0.3 is 0 Å². The van der Waals surface area contributed by atoms with Crippen molar-refractivity contribution in [2.24, 2.45) is 11.3 Å². The second-order valence-electron chi connectivity index (χ2n) is 11.5. The van der Waals surface area contributed by atoms with Gasteiger partial charge in [-0.1, -0.05) is 81.8 Å². The van der Waals surface area contributed by atoms with Crippen LogP contribution in [-0.2, 0) is 4.79 Å². The summed E-state index contributed by atoms with van der Waals surface area (Å²) in [6, 6.07) is 24.9. The molecule has 196 valence electrons. The standard InChI is InChI=1S/C33H37N3O2/c1-22(2)30(32(38)36-17-16-29(33(4,5)21-36)25-14-12-23(3)13-15-25)35-31(37)28-11-7-10-27(19-28)26-9-6-8-24(18-26)20-34/h6-15,18-19,22,29-30H,16-17,21H2,1-5H3,(H,35,37)/t29-,30-/m1/s1. The van der Waals surface area contributed by atoms with Crippen LogP contribution in [0.15, 0.2) is 72.8 Å². The number of likely N-dealkylation sites (tertiary alicyclic amines) is 1. The van der Waals surface area contributed by atoms with E-state index in [2.05, 4.69) is 56.4 Å². The molecule has 1 heterocycles. The second-order valence-corrected chi connectivity index (χ2v) is 11.5. The predicted molar refractivity (Wildman–Crippen MR) is 152 cm³/mol. The largest absolute Gasteiger partial charge is 0.340 e. The van der Waals surface area contributed by atoms with Crippen LogP contribution in [0.4, 0.5) is 0 Å². The maximum absolute atomic E-state index is 13.7. The lowest BCUT2D eigenvalue weighted by atomic mass is 9.70. The first-order valence-electron chi connectivity index (χ1n) is 13.4. The molecule has 3 aromatic rings. The van der Waals surface area contributed by atoms with E-state index in [9.17, 15) is 14.9 Å². The van der Waals surface area contributed by atoms with E-state index in [0.29, 0.717) is 30.1 Å². The fourth-order valence-electron chi connectivity index (χ4n) is 5.50. The molecule has 0 spiro atoms. The zero-order chi connectivity index (χ0) is 27.4. The fraction of sp³-hybridized carbons (Fsp3) is 0.364. The second kappa shape index (κ2) is 11.2. The number of aryl methyl sites for hydroxylation is 1. The van der Waals surface area contributed by atoms with Crippen molar-refractivity contribution >= 4 is 11.8 Å². The smallest absolute Gasteiger partial charge is 0.251 e. The number of hydrogen-bond donors (Lipinski definition) is 1. The number of carbonyl (C=O) groups excluding carboxylic acids is 2. The van der Waals surface area contributed by atoms with Crippen molar-refractivity contribution < 1.29 is 9.59 Å². The first kappa shape index (κ1) is 27.1. The molecule has 5 nitrogen and oxygen atoms in total. The average molecular weight is 508 g/mol. The molecule has 0 saturated carbocycles. The van der Waals surface area contributed by atoms with Gasteiger partial charge in [-0.25, -0.2) is 0 Å². The highest BCUT2D eigenvalue weighted by Gasteiger charge is 2.40. The first-order valence-corrected chi connectivity index (χ1v) is 13.4. The van der Waals surface area contributed by atoms with E-state index in [1.54, 1.807) is 18.2 Å². The topological polar surface area (TPSA) is 73.2 Å². The Morgan fingerprint density at radius 2 is 1.66 bits per heavy atom. The summed E-state index contributed by atoms with van der Waals surface area (Å²) in [7, 11) is 0. The molecule has 0 aromatic heterocycles. The zero-order valence-electron chi connectivity index (χ0n) is 23.0. The summed E-state index contributed by atoms with van der Waals surface area (Å²) in [5.74, 6) is 0.0205. The van der Waals surface area contributed by atoms with Gasteiger partial charge in [-0.3, -0.25) is 9.59 Å². The van der Waals surface area contributed by atoms with Crippen LogP contribution in [0.5, 0.6) is 0 Å². The minimum Gasteiger partial charge on any atom is -0.340 e. The van der Waals surface area contributed by atoms with Gasteiger partial charge in [0.25, 0.3) is 5.91 Å². The number of hydrogen-bond acceptors (Lipinski definition) is 3. The van der Waals surface area contributed by atoms with Gasteiger partial charge in [0.05, 0.1) is 11.6 Å². The maximum atomic E-state index is 13.7. The molecule has 0 radical (unpaired) electrons. The van der Waals surface area contributed by atoms with E-state index in [-0.39, 0.29) is 23.1 Å². The van der Waals surface area contributed by atoms with Crippen molar-refractivity contribution in [2.45, 2.75) is 53.0 Å². The summed E-state index contributed by atoms with van der Waals surface area (Å²) in [4.78, 5) is 29.0. The van der Waals surface area contributed by atoms with E-state index in [0.717, 1.165) is 17.5 Å². The molecule has 0 unspecified atom stereocenters. The molecule has 2 amide bonds. The fourth-order valence-corrected chi connectivity index (χ4v) is 5.50. The van der Waals surface area contributed by atoms with Crippen LogP contribution < -0.4 is 5.32 Å². The molecule has 3 aromatic carbocycles. The van der Waals surface area contributed by atoms with Crippen molar-refractivity contribution in [3.05, 3.63) is 95.1 Å². The number of piperidine rings is 1. The molecule has 1 saturated heterocycles. The van der Waals surface area contributed by atoms with Crippen LogP contribution in [0.25, 0.3) is 11.1 Å².